The minimum absolute atomic E-state index is 0.599. The van der Waals surface area contributed by atoms with Crippen molar-refractivity contribution in [1.29, 1.82) is 0 Å². The molecule has 0 N–H and O–H groups in total. The predicted molar refractivity (Wildman–Crippen MR) is 58.4 cm³/mol. The third-order valence-corrected chi connectivity index (χ3v) is 2.77. The number of likely N-dealkylation sites (N-methyl/N-ethyl adjacent to an activating group) is 1. The van der Waals surface area contributed by atoms with E-state index in [1.807, 2.05) is 13.3 Å². The number of likely N-dealkylation sites (tertiary alicyclic amines) is 1. The van der Waals surface area contributed by atoms with Crippen LogP contribution in [0, 0.1) is 0 Å². The molecule has 1 aliphatic rings. The standard InChI is InChI=1S/C11H20N2/c1-4-10(9-12-2)11-7-5-6-8-13(11)3/h4,9,11H,5-8H2,1-3H3/b10-4+,12-9?. The summed E-state index contributed by atoms with van der Waals surface area (Å²) in [4.78, 5) is 6.53. The van der Waals surface area contributed by atoms with Gasteiger partial charge in [-0.25, -0.2) is 0 Å². The Morgan fingerprint density at radius 2 is 2.23 bits per heavy atom. The van der Waals surface area contributed by atoms with Crippen molar-refractivity contribution in [3.63, 3.8) is 0 Å². The van der Waals surface area contributed by atoms with Crippen molar-refractivity contribution in [2.75, 3.05) is 20.6 Å². The van der Waals surface area contributed by atoms with E-state index in [4.69, 9.17) is 0 Å². The van der Waals surface area contributed by atoms with Crippen molar-refractivity contribution in [2.45, 2.75) is 32.2 Å². The van der Waals surface area contributed by atoms with Gasteiger partial charge in [-0.1, -0.05) is 12.5 Å². The second-order valence-corrected chi connectivity index (χ2v) is 3.67. The van der Waals surface area contributed by atoms with E-state index in [9.17, 15) is 0 Å². The van der Waals surface area contributed by atoms with Crippen LogP contribution in [-0.4, -0.2) is 37.8 Å². The van der Waals surface area contributed by atoms with Gasteiger partial charge in [0.15, 0.2) is 0 Å². The van der Waals surface area contributed by atoms with Gasteiger partial charge in [0, 0.05) is 19.3 Å². The molecule has 2 heteroatoms. The van der Waals surface area contributed by atoms with Crippen molar-refractivity contribution >= 4 is 6.21 Å². The van der Waals surface area contributed by atoms with Crippen LogP contribution in [0.1, 0.15) is 26.2 Å². The molecule has 1 heterocycles. The second kappa shape index (κ2) is 5.18. The minimum Gasteiger partial charge on any atom is -0.299 e. The molecule has 1 fully saturated rings. The van der Waals surface area contributed by atoms with E-state index in [2.05, 4.69) is 29.9 Å². The van der Waals surface area contributed by atoms with Crippen LogP contribution in [0.2, 0.25) is 0 Å². The van der Waals surface area contributed by atoms with Gasteiger partial charge in [-0.2, -0.15) is 0 Å². The average Bonchev–Trinajstić information content (AvgIpc) is 2.16. The zero-order valence-electron chi connectivity index (χ0n) is 8.95. The lowest BCUT2D eigenvalue weighted by Gasteiger charge is -2.33. The molecule has 1 aliphatic heterocycles. The monoisotopic (exact) mass is 180 g/mol. The van der Waals surface area contributed by atoms with Gasteiger partial charge in [0.2, 0.25) is 0 Å². The molecule has 0 bridgehead atoms. The van der Waals surface area contributed by atoms with Crippen molar-refractivity contribution in [3.8, 4) is 0 Å². The number of allylic oxidation sites excluding steroid dienone is 1. The third-order valence-electron chi connectivity index (χ3n) is 2.77. The number of rotatable bonds is 2. The van der Waals surface area contributed by atoms with Gasteiger partial charge >= 0.3 is 0 Å². The first-order valence-corrected chi connectivity index (χ1v) is 5.08. The Labute approximate surface area is 81.3 Å². The van der Waals surface area contributed by atoms with Gasteiger partial charge in [0.25, 0.3) is 0 Å². The van der Waals surface area contributed by atoms with E-state index in [-0.39, 0.29) is 0 Å². The van der Waals surface area contributed by atoms with Gasteiger partial charge in [0.05, 0.1) is 0 Å². The highest BCUT2D eigenvalue weighted by Gasteiger charge is 2.20. The molecule has 2 nitrogen and oxygen atoms in total. The Kier molecular flexibility index (Phi) is 4.16. The predicted octanol–water partition coefficient (Wildman–Crippen LogP) is 2.12. The topological polar surface area (TPSA) is 15.6 Å². The van der Waals surface area contributed by atoms with Crippen LogP contribution >= 0.6 is 0 Å². The smallest absolute Gasteiger partial charge is 0.0356 e. The summed E-state index contributed by atoms with van der Waals surface area (Å²) in [6.45, 7) is 3.32. The largest absolute Gasteiger partial charge is 0.299 e. The first kappa shape index (κ1) is 10.5. The van der Waals surface area contributed by atoms with E-state index in [1.165, 1.54) is 31.4 Å². The van der Waals surface area contributed by atoms with Gasteiger partial charge < -0.3 is 0 Å². The number of piperidine rings is 1. The van der Waals surface area contributed by atoms with Gasteiger partial charge in [-0.3, -0.25) is 9.89 Å². The Balaban J connectivity index is 2.66. The Bertz CT molecular complexity index is 206. The van der Waals surface area contributed by atoms with Crippen LogP contribution < -0.4 is 0 Å². The van der Waals surface area contributed by atoms with Gasteiger partial charge in [-0.15, -0.1) is 0 Å². The molecule has 0 aromatic heterocycles. The summed E-state index contributed by atoms with van der Waals surface area (Å²) >= 11 is 0. The fourth-order valence-electron chi connectivity index (χ4n) is 2.00. The highest BCUT2D eigenvalue weighted by Crippen LogP contribution is 2.20. The summed E-state index contributed by atoms with van der Waals surface area (Å²) in [6, 6.07) is 0.599. The first-order valence-electron chi connectivity index (χ1n) is 5.08. The molecule has 0 aromatic carbocycles. The molecule has 0 saturated carbocycles. The Morgan fingerprint density at radius 1 is 1.46 bits per heavy atom. The molecule has 0 aromatic rings. The lowest BCUT2D eigenvalue weighted by molar-refractivity contribution is 0.217. The first-order chi connectivity index (χ1) is 6.29. The molecule has 0 aliphatic carbocycles. The fraction of sp³-hybridized carbons (Fsp3) is 0.727. The summed E-state index contributed by atoms with van der Waals surface area (Å²) in [5, 5.41) is 0. The van der Waals surface area contributed by atoms with E-state index in [0.717, 1.165) is 0 Å². The molecule has 13 heavy (non-hydrogen) atoms. The highest BCUT2D eigenvalue weighted by atomic mass is 15.1. The van der Waals surface area contributed by atoms with E-state index in [0.29, 0.717) is 6.04 Å². The van der Waals surface area contributed by atoms with E-state index in [1.54, 1.807) is 0 Å². The zero-order valence-corrected chi connectivity index (χ0v) is 8.95. The Hall–Kier alpha value is -0.630. The van der Waals surface area contributed by atoms with Crippen LogP contribution in [0.3, 0.4) is 0 Å². The molecular formula is C11H20N2. The van der Waals surface area contributed by atoms with Gasteiger partial charge in [0.1, 0.15) is 0 Å². The summed E-state index contributed by atoms with van der Waals surface area (Å²) < 4.78 is 0. The van der Waals surface area contributed by atoms with E-state index < -0.39 is 0 Å². The molecule has 1 rings (SSSR count). The summed E-state index contributed by atoms with van der Waals surface area (Å²) in [5.74, 6) is 0. The summed E-state index contributed by atoms with van der Waals surface area (Å²) in [6.07, 6.45) is 8.14. The molecule has 0 spiro atoms. The number of hydrogen-bond donors (Lipinski definition) is 0. The quantitative estimate of drug-likeness (QED) is 0.594. The third kappa shape index (κ3) is 2.66. The van der Waals surface area contributed by atoms with Gasteiger partial charge in [-0.05, 0) is 38.9 Å². The fourth-order valence-corrected chi connectivity index (χ4v) is 2.00. The van der Waals surface area contributed by atoms with E-state index >= 15 is 0 Å². The van der Waals surface area contributed by atoms with Crippen LogP contribution in [0.5, 0.6) is 0 Å². The zero-order chi connectivity index (χ0) is 9.68. The maximum Gasteiger partial charge on any atom is 0.0356 e. The second-order valence-electron chi connectivity index (χ2n) is 3.67. The molecule has 0 amide bonds. The molecule has 74 valence electrons. The maximum atomic E-state index is 4.10. The van der Waals surface area contributed by atoms with Crippen molar-refractivity contribution in [2.24, 2.45) is 4.99 Å². The Morgan fingerprint density at radius 3 is 2.77 bits per heavy atom. The molecule has 1 unspecified atom stereocenters. The maximum absolute atomic E-state index is 4.10. The molecule has 0 radical (unpaired) electrons. The van der Waals surface area contributed by atoms with Crippen LogP contribution in [0.25, 0.3) is 0 Å². The molecular weight excluding hydrogens is 160 g/mol. The lowest BCUT2D eigenvalue weighted by atomic mass is 9.96. The van der Waals surface area contributed by atoms with Crippen LogP contribution in [0.15, 0.2) is 16.6 Å². The minimum atomic E-state index is 0.599. The van der Waals surface area contributed by atoms with Crippen molar-refractivity contribution in [1.82, 2.24) is 4.90 Å². The number of aliphatic imine (C=N–C) groups is 1. The summed E-state index contributed by atoms with van der Waals surface area (Å²) in [7, 11) is 4.04. The normalized spacial score (nSPS) is 27.0. The number of nitrogens with zero attached hydrogens (tertiary/aromatic N) is 2. The molecule has 1 saturated heterocycles. The van der Waals surface area contributed by atoms with Crippen molar-refractivity contribution in [3.05, 3.63) is 11.6 Å². The highest BCUT2D eigenvalue weighted by molar-refractivity contribution is 5.79. The summed E-state index contributed by atoms with van der Waals surface area (Å²) in [5.41, 5.74) is 1.37. The molecule has 1 atom stereocenters. The lowest BCUT2D eigenvalue weighted by Crippen LogP contribution is -2.37. The van der Waals surface area contributed by atoms with Crippen molar-refractivity contribution < 1.29 is 0 Å². The SMILES string of the molecule is C/C=C(\C=NC)C1CCCCN1C. The van der Waals surface area contributed by atoms with Crippen LogP contribution in [-0.2, 0) is 0 Å². The van der Waals surface area contributed by atoms with Crippen LogP contribution in [0.4, 0.5) is 0 Å². The number of hydrogen-bond acceptors (Lipinski definition) is 2. The average molecular weight is 180 g/mol.